The van der Waals surface area contributed by atoms with Crippen LogP contribution >= 0.6 is 0 Å². The molecular weight excluding hydrogens is 270 g/mol. The first-order chi connectivity index (χ1) is 10.3. The van der Waals surface area contributed by atoms with E-state index in [1.165, 1.54) is 0 Å². The Morgan fingerprint density at radius 1 is 1.05 bits per heavy atom. The third kappa shape index (κ3) is 3.47. The molecule has 0 aromatic carbocycles. The number of carbonyl (C=O) groups excluding carboxylic acids is 1. The molecule has 0 atom stereocenters. The zero-order valence-corrected chi connectivity index (χ0v) is 11.5. The average molecular weight is 287 g/mol. The van der Waals surface area contributed by atoms with Crippen molar-refractivity contribution in [2.75, 3.05) is 23.7 Å². The third-order valence-corrected chi connectivity index (χ3v) is 3.16. The lowest BCUT2D eigenvalue weighted by atomic mass is 10.2. The van der Waals surface area contributed by atoms with E-state index in [4.69, 9.17) is 0 Å². The number of H-pyrrole nitrogens is 1. The van der Waals surface area contributed by atoms with Crippen molar-refractivity contribution >= 4 is 23.5 Å². The molecule has 110 valence electrons. The quantitative estimate of drug-likeness (QED) is 0.581. The fourth-order valence-electron chi connectivity index (χ4n) is 2.07. The third-order valence-electron chi connectivity index (χ3n) is 3.16. The molecule has 3 rings (SSSR count). The lowest BCUT2D eigenvalue weighted by Gasteiger charge is -2.07. The molecule has 0 radical (unpaired) electrons. The van der Waals surface area contributed by atoms with E-state index in [2.05, 4.69) is 36.1 Å². The Kier molecular flexibility index (Phi) is 3.95. The van der Waals surface area contributed by atoms with Gasteiger partial charge in [-0.3, -0.25) is 9.89 Å². The van der Waals surface area contributed by atoms with Crippen LogP contribution in [0, 0.1) is 0 Å². The Hall–Kier alpha value is -2.64. The van der Waals surface area contributed by atoms with Crippen LogP contribution < -0.4 is 16.0 Å². The standard InChI is InChI=1S/C13H17N7O/c21-12-9-8-11(20-19-9)17-10-4-7-16-13(18-10)15-6-3-1-2-5-14-12/h4,7-8H,1-3,5-6H2,(H,14,21)(H3,15,16,17,18,19,20). The number of nitrogens with zero attached hydrogens (tertiary/aromatic N) is 3. The van der Waals surface area contributed by atoms with Crippen molar-refractivity contribution in [2.24, 2.45) is 0 Å². The fraction of sp³-hybridized carbons (Fsp3) is 0.385. The number of carbonyl (C=O) groups is 1. The summed E-state index contributed by atoms with van der Waals surface area (Å²) in [5.41, 5.74) is 0.430. The molecule has 4 N–H and O–H groups in total. The van der Waals surface area contributed by atoms with Crippen LogP contribution in [0.3, 0.4) is 0 Å². The number of nitrogens with one attached hydrogen (secondary N) is 4. The second-order valence-electron chi connectivity index (χ2n) is 4.80. The highest BCUT2D eigenvalue weighted by molar-refractivity contribution is 5.93. The molecule has 3 heterocycles. The van der Waals surface area contributed by atoms with Gasteiger partial charge in [0.1, 0.15) is 11.5 Å². The molecule has 0 saturated carbocycles. The smallest absolute Gasteiger partial charge is 0.269 e. The molecule has 21 heavy (non-hydrogen) atoms. The minimum atomic E-state index is -0.146. The number of aromatic amines is 1. The Morgan fingerprint density at radius 2 is 1.90 bits per heavy atom. The summed E-state index contributed by atoms with van der Waals surface area (Å²) < 4.78 is 0. The molecule has 8 nitrogen and oxygen atoms in total. The molecule has 1 amide bonds. The van der Waals surface area contributed by atoms with Gasteiger partial charge in [0.05, 0.1) is 0 Å². The molecular formula is C13H17N7O. The van der Waals surface area contributed by atoms with Crippen LogP contribution in [0.1, 0.15) is 29.8 Å². The molecule has 8 heteroatoms. The molecule has 0 fully saturated rings. The first-order valence-corrected chi connectivity index (χ1v) is 6.99. The molecule has 1 aliphatic heterocycles. The van der Waals surface area contributed by atoms with E-state index in [9.17, 15) is 4.79 Å². The fourth-order valence-corrected chi connectivity index (χ4v) is 2.07. The van der Waals surface area contributed by atoms with Gasteiger partial charge < -0.3 is 16.0 Å². The monoisotopic (exact) mass is 287 g/mol. The van der Waals surface area contributed by atoms with E-state index in [0.29, 0.717) is 29.8 Å². The van der Waals surface area contributed by atoms with Gasteiger partial charge in [0.15, 0.2) is 5.82 Å². The van der Waals surface area contributed by atoms with Gasteiger partial charge in [-0.15, -0.1) is 0 Å². The summed E-state index contributed by atoms with van der Waals surface area (Å²) >= 11 is 0. The molecule has 2 aromatic heterocycles. The highest BCUT2D eigenvalue weighted by atomic mass is 16.1. The van der Waals surface area contributed by atoms with Gasteiger partial charge in [-0.25, -0.2) is 4.98 Å². The van der Waals surface area contributed by atoms with Crippen LogP contribution in [-0.2, 0) is 0 Å². The summed E-state index contributed by atoms with van der Waals surface area (Å²) in [5, 5.41) is 15.9. The maximum absolute atomic E-state index is 11.9. The summed E-state index contributed by atoms with van der Waals surface area (Å²) in [6, 6.07) is 3.40. The summed E-state index contributed by atoms with van der Waals surface area (Å²) in [6.07, 6.45) is 4.65. The SMILES string of the molecule is O=C1NCCCCCNc2nccc(n2)Nc2cc1[nH]n2. The number of aromatic nitrogens is 4. The van der Waals surface area contributed by atoms with Crippen LogP contribution in [0.25, 0.3) is 0 Å². The number of rotatable bonds is 0. The maximum atomic E-state index is 11.9. The molecule has 0 unspecified atom stereocenters. The van der Waals surface area contributed by atoms with E-state index < -0.39 is 0 Å². The van der Waals surface area contributed by atoms with Crippen molar-refractivity contribution in [1.29, 1.82) is 0 Å². The second kappa shape index (κ2) is 6.21. The van der Waals surface area contributed by atoms with Gasteiger partial charge >= 0.3 is 0 Å². The molecule has 0 saturated heterocycles. The number of amides is 1. The predicted octanol–water partition coefficient (Wildman–Crippen LogP) is 1.27. The zero-order valence-electron chi connectivity index (χ0n) is 11.5. The number of hydrogen-bond acceptors (Lipinski definition) is 6. The Labute approximate surface area is 121 Å². The van der Waals surface area contributed by atoms with Crippen molar-refractivity contribution in [3.63, 3.8) is 0 Å². The van der Waals surface area contributed by atoms with Gasteiger partial charge in [0.25, 0.3) is 5.91 Å². The van der Waals surface area contributed by atoms with Gasteiger partial charge in [-0.2, -0.15) is 10.1 Å². The largest absolute Gasteiger partial charge is 0.354 e. The van der Waals surface area contributed by atoms with Crippen LogP contribution in [0.5, 0.6) is 0 Å². The molecule has 1 aliphatic rings. The topological polar surface area (TPSA) is 108 Å². The maximum Gasteiger partial charge on any atom is 0.269 e. The predicted molar refractivity (Wildman–Crippen MR) is 78.6 cm³/mol. The van der Waals surface area contributed by atoms with Crippen LogP contribution in [0.4, 0.5) is 17.6 Å². The first kappa shape index (κ1) is 13.3. The Morgan fingerprint density at radius 3 is 2.81 bits per heavy atom. The van der Waals surface area contributed by atoms with Crippen LogP contribution in [0.15, 0.2) is 18.3 Å². The second-order valence-corrected chi connectivity index (χ2v) is 4.80. The minimum absolute atomic E-state index is 0.146. The summed E-state index contributed by atoms with van der Waals surface area (Å²) in [6.45, 7) is 1.47. The van der Waals surface area contributed by atoms with Crippen molar-refractivity contribution < 1.29 is 4.79 Å². The van der Waals surface area contributed by atoms with Crippen LogP contribution in [-0.4, -0.2) is 39.2 Å². The van der Waals surface area contributed by atoms with Crippen LogP contribution in [0.2, 0.25) is 0 Å². The first-order valence-electron chi connectivity index (χ1n) is 6.99. The molecule has 2 aromatic rings. The number of fused-ring (bicyclic) bond motifs is 4. The number of hydrogen-bond donors (Lipinski definition) is 4. The minimum Gasteiger partial charge on any atom is -0.354 e. The van der Waals surface area contributed by atoms with Crippen molar-refractivity contribution in [1.82, 2.24) is 25.5 Å². The molecule has 4 bridgehead atoms. The Balaban J connectivity index is 1.82. The summed E-state index contributed by atoms with van der Waals surface area (Å²) in [4.78, 5) is 20.4. The van der Waals surface area contributed by atoms with E-state index in [1.54, 1.807) is 18.3 Å². The van der Waals surface area contributed by atoms with Crippen molar-refractivity contribution in [3.8, 4) is 0 Å². The normalized spacial score (nSPS) is 15.9. The van der Waals surface area contributed by atoms with E-state index in [1.807, 2.05) is 0 Å². The zero-order chi connectivity index (χ0) is 14.5. The molecule has 0 aliphatic carbocycles. The highest BCUT2D eigenvalue weighted by Gasteiger charge is 2.10. The van der Waals surface area contributed by atoms with Crippen molar-refractivity contribution in [3.05, 3.63) is 24.0 Å². The lowest BCUT2D eigenvalue weighted by molar-refractivity contribution is 0.0948. The summed E-state index contributed by atoms with van der Waals surface area (Å²) in [7, 11) is 0. The van der Waals surface area contributed by atoms with E-state index >= 15 is 0 Å². The van der Waals surface area contributed by atoms with Gasteiger partial charge in [-0.05, 0) is 25.3 Å². The van der Waals surface area contributed by atoms with Gasteiger partial charge in [-0.1, -0.05) is 0 Å². The van der Waals surface area contributed by atoms with Gasteiger partial charge in [0.2, 0.25) is 5.95 Å². The Bertz CT molecular complexity index is 624. The van der Waals surface area contributed by atoms with Crippen molar-refractivity contribution in [2.45, 2.75) is 19.3 Å². The van der Waals surface area contributed by atoms with E-state index in [0.717, 1.165) is 25.8 Å². The highest BCUT2D eigenvalue weighted by Crippen LogP contribution is 2.14. The molecule has 0 spiro atoms. The summed E-state index contributed by atoms with van der Waals surface area (Å²) in [5.74, 6) is 1.60. The average Bonchev–Trinajstić information content (AvgIpc) is 2.94. The van der Waals surface area contributed by atoms with Gasteiger partial charge in [0, 0.05) is 25.4 Å². The van der Waals surface area contributed by atoms with E-state index in [-0.39, 0.29) is 5.91 Å². The lowest BCUT2D eigenvalue weighted by Crippen LogP contribution is -2.24. The number of anilines is 3.